The van der Waals surface area contributed by atoms with Crippen LogP contribution in [0.25, 0.3) is 0 Å². The van der Waals surface area contributed by atoms with E-state index in [9.17, 15) is 9.59 Å². The average Bonchev–Trinajstić information content (AvgIpc) is 3.08. The molecule has 1 unspecified atom stereocenters. The molecule has 0 radical (unpaired) electrons. The summed E-state index contributed by atoms with van der Waals surface area (Å²) in [5.74, 6) is -2.70. The standard InChI is InChI=1S/C15H21N5O4/c16-11(12(17)15(22)23)13(21)10(9-5-6-20-24-9)7-1-3-8(4-2-7)14(18)19/h1-4,9-12,20H,5-6,16-17H2,(H3,18,19)(H,22,23)/t9-,10?,11+,12+/m1/s1. The molecule has 1 aliphatic rings. The number of nitrogen functional groups attached to an aromatic ring is 1. The molecule has 1 aromatic rings. The molecule has 0 bridgehead atoms. The Kier molecular flexibility index (Phi) is 5.62. The first-order valence-corrected chi connectivity index (χ1v) is 7.43. The Morgan fingerprint density at radius 2 is 1.88 bits per heavy atom. The quantitative estimate of drug-likeness (QED) is 0.262. The molecule has 9 N–H and O–H groups in total. The molecule has 0 aromatic heterocycles. The summed E-state index contributed by atoms with van der Waals surface area (Å²) in [6, 6.07) is 3.68. The number of nitrogens with two attached hydrogens (primary N) is 3. The number of nitrogens with one attached hydrogen (secondary N) is 2. The molecule has 24 heavy (non-hydrogen) atoms. The first kappa shape index (κ1) is 18.0. The van der Waals surface area contributed by atoms with Crippen LogP contribution < -0.4 is 22.7 Å². The van der Waals surface area contributed by atoms with Crippen LogP contribution in [-0.4, -0.2) is 47.4 Å². The summed E-state index contributed by atoms with van der Waals surface area (Å²) >= 11 is 0. The molecule has 1 heterocycles. The van der Waals surface area contributed by atoms with E-state index in [1.807, 2.05) is 0 Å². The zero-order valence-corrected chi connectivity index (χ0v) is 12.9. The van der Waals surface area contributed by atoms with Crippen LogP contribution in [0.2, 0.25) is 0 Å². The fourth-order valence-electron chi connectivity index (χ4n) is 2.63. The summed E-state index contributed by atoms with van der Waals surface area (Å²) in [4.78, 5) is 29.1. The van der Waals surface area contributed by atoms with Crippen LogP contribution >= 0.6 is 0 Å². The second-order valence-corrected chi connectivity index (χ2v) is 5.64. The van der Waals surface area contributed by atoms with Gasteiger partial charge in [0.2, 0.25) is 0 Å². The molecule has 0 saturated carbocycles. The molecule has 9 nitrogen and oxygen atoms in total. The van der Waals surface area contributed by atoms with Crippen LogP contribution in [0.4, 0.5) is 0 Å². The van der Waals surface area contributed by atoms with Crippen molar-refractivity contribution in [3.63, 3.8) is 0 Å². The van der Waals surface area contributed by atoms with E-state index in [4.69, 9.17) is 32.6 Å². The Balaban J connectivity index is 2.32. The third-order valence-corrected chi connectivity index (χ3v) is 4.03. The van der Waals surface area contributed by atoms with Crippen molar-refractivity contribution in [3.8, 4) is 0 Å². The SMILES string of the molecule is N=C(N)c1ccc(C(C(=O)[C@@H](N)[C@H](N)C(=O)O)[C@H]2CCNO2)cc1. The van der Waals surface area contributed by atoms with Gasteiger partial charge in [-0.1, -0.05) is 24.3 Å². The number of amidine groups is 1. The van der Waals surface area contributed by atoms with Crippen molar-refractivity contribution in [2.45, 2.75) is 30.5 Å². The lowest BCUT2D eigenvalue weighted by molar-refractivity contribution is -0.141. The summed E-state index contributed by atoms with van der Waals surface area (Å²) in [5.41, 5.74) is 20.5. The summed E-state index contributed by atoms with van der Waals surface area (Å²) in [7, 11) is 0. The van der Waals surface area contributed by atoms with Gasteiger partial charge in [-0.15, -0.1) is 0 Å². The fourth-order valence-corrected chi connectivity index (χ4v) is 2.63. The van der Waals surface area contributed by atoms with E-state index in [-0.39, 0.29) is 5.84 Å². The Labute approximate surface area is 138 Å². The Bertz CT molecular complexity index is 627. The molecular formula is C15H21N5O4. The lowest BCUT2D eigenvalue weighted by Gasteiger charge is -2.26. The zero-order valence-electron chi connectivity index (χ0n) is 12.9. The number of aliphatic carboxylic acids is 1. The molecule has 0 spiro atoms. The minimum atomic E-state index is -1.49. The second-order valence-electron chi connectivity index (χ2n) is 5.64. The van der Waals surface area contributed by atoms with Gasteiger partial charge in [-0.3, -0.25) is 19.8 Å². The van der Waals surface area contributed by atoms with Crippen molar-refractivity contribution in [1.29, 1.82) is 5.41 Å². The van der Waals surface area contributed by atoms with Crippen molar-refractivity contribution in [2.24, 2.45) is 17.2 Å². The molecule has 1 saturated heterocycles. The lowest BCUT2D eigenvalue weighted by atomic mass is 9.83. The summed E-state index contributed by atoms with van der Waals surface area (Å²) < 4.78 is 0. The highest BCUT2D eigenvalue weighted by atomic mass is 16.7. The monoisotopic (exact) mass is 335 g/mol. The zero-order chi connectivity index (χ0) is 17.9. The molecule has 130 valence electrons. The van der Waals surface area contributed by atoms with Crippen LogP contribution in [0.3, 0.4) is 0 Å². The minimum Gasteiger partial charge on any atom is -0.480 e. The van der Waals surface area contributed by atoms with E-state index < -0.39 is 35.9 Å². The van der Waals surface area contributed by atoms with Crippen molar-refractivity contribution in [1.82, 2.24) is 5.48 Å². The van der Waals surface area contributed by atoms with Crippen molar-refractivity contribution in [2.75, 3.05) is 6.54 Å². The van der Waals surface area contributed by atoms with E-state index in [1.54, 1.807) is 24.3 Å². The van der Waals surface area contributed by atoms with Gasteiger partial charge in [0.25, 0.3) is 0 Å². The summed E-state index contributed by atoms with van der Waals surface area (Å²) in [6.07, 6.45) is 0.0904. The van der Waals surface area contributed by atoms with Gasteiger partial charge in [0.15, 0.2) is 5.78 Å². The number of carbonyl (C=O) groups is 2. The van der Waals surface area contributed by atoms with Gasteiger partial charge in [0.05, 0.1) is 18.1 Å². The van der Waals surface area contributed by atoms with Gasteiger partial charge < -0.3 is 22.3 Å². The normalized spacial score (nSPS) is 21.0. The van der Waals surface area contributed by atoms with Crippen molar-refractivity contribution < 1.29 is 19.5 Å². The molecule has 2 rings (SSSR count). The maximum atomic E-state index is 12.8. The summed E-state index contributed by atoms with van der Waals surface area (Å²) in [5, 5.41) is 16.4. The number of rotatable bonds is 7. The number of hydrogen-bond acceptors (Lipinski definition) is 7. The Hall–Kier alpha value is -2.33. The van der Waals surface area contributed by atoms with Crippen LogP contribution in [0.5, 0.6) is 0 Å². The van der Waals surface area contributed by atoms with E-state index in [0.29, 0.717) is 24.1 Å². The third kappa shape index (κ3) is 3.77. The topological polar surface area (TPSA) is 178 Å². The number of carboxylic acid groups (broad SMARTS) is 1. The lowest BCUT2D eigenvalue weighted by Crippen LogP contribution is -2.54. The first-order valence-electron chi connectivity index (χ1n) is 7.43. The molecule has 1 fully saturated rings. The van der Waals surface area contributed by atoms with E-state index in [0.717, 1.165) is 0 Å². The van der Waals surface area contributed by atoms with Crippen LogP contribution in [0.15, 0.2) is 24.3 Å². The molecule has 4 atom stereocenters. The van der Waals surface area contributed by atoms with Gasteiger partial charge in [0, 0.05) is 12.1 Å². The van der Waals surface area contributed by atoms with Gasteiger partial charge in [-0.05, 0) is 12.0 Å². The number of hydroxylamine groups is 1. The van der Waals surface area contributed by atoms with Gasteiger partial charge in [-0.2, -0.15) is 0 Å². The third-order valence-electron chi connectivity index (χ3n) is 4.03. The smallest absolute Gasteiger partial charge is 0.322 e. The Morgan fingerprint density at radius 3 is 2.33 bits per heavy atom. The highest BCUT2D eigenvalue weighted by Crippen LogP contribution is 2.28. The fraction of sp³-hybridized carbons (Fsp3) is 0.400. The number of benzene rings is 1. The second kappa shape index (κ2) is 7.49. The highest BCUT2D eigenvalue weighted by molar-refractivity contribution is 5.97. The number of hydrogen-bond donors (Lipinski definition) is 6. The first-order chi connectivity index (χ1) is 11.3. The van der Waals surface area contributed by atoms with Gasteiger partial charge in [-0.25, -0.2) is 5.48 Å². The van der Waals surface area contributed by atoms with E-state index in [2.05, 4.69) is 5.48 Å². The summed E-state index contributed by atoms with van der Waals surface area (Å²) in [6.45, 7) is 0.570. The number of carbonyl (C=O) groups excluding carboxylic acids is 1. The molecule has 1 aliphatic heterocycles. The van der Waals surface area contributed by atoms with E-state index >= 15 is 0 Å². The molecule has 9 heteroatoms. The predicted octanol–water partition coefficient (Wildman–Crippen LogP) is -1.34. The van der Waals surface area contributed by atoms with Crippen LogP contribution in [-0.2, 0) is 14.4 Å². The predicted molar refractivity (Wildman–Crippen MR) is 86.3 cm³/mol. The number of carboxylic acids is 1. The van der Waals surface area contributed by atoms with Crippen LogP contribution in [0, 0.1) is 5.41 Å². The Morgan fingerprint density at radius 1 is 1.25 bits per heavy atom. The maximum Gasteiger partial charge on any atom is 0.322 e. The van der Waals surface area contributed by atoms with Crippen LogP contribution in [0.1, 0.15) is 23.5 Å². The van der Waals surface area contributed by atoms with Crippen molar-refractivity contribution >= 4 is 17.6 Å². The molecule has 0 amide bonds. The largest absolute Gasteiger partial charge is 0.480 e. The number of ketones is 1. The molecule has 1 aromatic carbocycles. The van der Waals surface area contributed by atoms with Gasteiger partial charge >= 0.3 is 5.97 Å². The van der Waals surface area contributed by atoms with Gasteiger partial charge in [0.1, 0.15) is 11.9 Å². The maximum absolute atomic E-state index is 12.8. The molecular weight excluding hydrogens is 314 g/mol. The van der Waals surface area contributed by atoms with Crippen molar-refractivity contribution in [3.05, 3.63) is 35.4 Å². The number of Topliss-reactive ketones (excluding diaryl/α,β-unsaturated/α-hetero) is 1. The minimum absolute atomic E-state index is 0.0900. The molecule has 0 aliphatic carbocycles. The van der Waals surface area contributed by atoms with E-state index in [1.165, 1.54) is 0 Å². The average molecular weight is 335 g/mol. The highest BCUT2D eigenvalue weighted by Gasteiger charge is 2.39.